The number of aryl methyl sites for hydroxylation is 1. The normalized spacial score (nSPS) is 14.9. The minimum atomic E-state index is -3.49. The second-order valence-electron chi connectivity index (χ2n) is 9.22. The molecule has 0 aromatic heterocycles. The van der Waals surface area contributed by atoms with E-state index in [-0.39, 0.29) is 35.5 Å². The lowest BCUT2D eigenvalue weighted by atomic mass is 10.1. The fraction of sp³-hybridized carbons (Fsp3) is 0.481. The number of rotatable bonds is 13. The summed E-state index contributed by atoms with van der Waals surface area (Å²) in [5.74, 6) is -0.874. The first-order valence-corrected chi connectivity index (χ1v) is 14.1. The van der Waals surface area contributed by atoms with Gasteiger partial charge in [-0.05, 0) is 68.0 Å². The predicted molar refractivity (Wildman–Crippen MR) is 139 cm³/mol. The second kappa shape index (κ2) is 13.6. The van der Waals surface area contributed by atoms with Crippen LogP contribution in [0.15, 0.2) is 53.4 Å². The molecule has 0 radical (unpaired) electrons. The first kappa shape index (κ1) is 28.7. The Labute approximate surface area is 218 Å². The van der Waals surface area contributed by atoms with Crippen LogP contribution in [0, 0.1) is 5.82 Å². The molecule has 1 aliphatic rings. The number of ether oxygens (including phenoxy) is 1. The van der Waals surface area contributed by atoms with E-state index in [1.807, 2.05) is 0 Å². The number of benzene rings is 2. The lowest BCUT2D eigenvalue weighted by molar-refractivity contribution is -0.140. The number of hydrogen-bond donors (Lipinski definition) is 1. The summed E-state index contributed by atoms with van der Waals surface area (Å²) in [6.45, 7) is 3.87. The fourth-order valence-electron chi connectivity index (χ4n) is 4.25. The molecule has 202 valence electrons. The Hall–Kier alpha value is -2.82. The summed E-state index contributed by atoms with van der Waals surface area (Å²) in [5.41, 5.74) is 1.54. The standard InChI is InChI=1S/C27H36FN3O5S/c1-21(27(33)29-16-5-19-36-2)31(20-23-6-11-24(28)12-7-23)26(32)15-10-22-8-13-25(14-9-22)37(34,35)30-17-3-4-18-30/h6-9,11-14,21H,3-5,10,15-20H2,1-2H3,(H,29,33)/t21-/m1/s1. The molecular weight excluding hydrogens is 497 g/mol. The first-order valence-electron chi connectivity index (χ1n) is 12.6. The molecule has 3 rings (SSSR count). The Bertz CT molecular complexity index is 1130. The van der Waals surface area contributed by atoms with Crippen LogP contribution in [-0.2, 0) is 37.3 Å². The van der Waals surface area contributed by atoms with Gasteiger partial charge in [0.15, 0.2) is 0 Å². The average Bonchev–Trinajstić information content (AvgIpc) is 3.45. The molecule has 1 aliphatic heterocycles. The molecule has 8 nitrogen and oxygen atoms in total. The van der Waals surface area contributed by atoms with Crippen molar-refractivity contribution in [2.45, 2.75) is 56.5 Å². The molecule has 0 bridgehead atoms. The fourth-order valence-corrected chi connectivity index (χ4v) is 5.76. The van der Waals surface area contributed by atoms with Crippen molar-refractivity contribution in [3.8, 4) is 0 Å². The number of amides is 2. The first-order chi connectivity index (χ1) is 17.7. The van der Waals surface area contributed by atoms with Crippen LogP contribution < -0.4 is 5.32 Å². The number of nitrogens with zero attached hydrogens (tertiary/aromatic N) is 2. The van der Waals surface area contributed by atoms with Crippen LogP contribution in [0.1, 0.15) is 43.7 Å². The van der Waals surface area contributed by atoms with Gasteiger partial charge >= 0.3 is 0 Å². The third-order valence-corrected chi connectivity index (χ3v) is 8.42. The molecular formula is C27H36FN3O5S. The number of carbonyl (C=O) groups is 2. The summed E-state index contributed by atoms with van der Waals surface area (Å²) in [5, 5.41) is 2.83. The van der Waals surface area contributed by atoms with Gasteiger partial charge in [-0.25, -0.2) is 12.8 Å². The highest BCUT2D eigenvalue weighted by Crippen LogP contribution is 2.22. The van der Waals surface area contributed by atoms with Gasteiger partial charge in [-0.1, -0.05) is 24.3 Å². The van der Waals surface area contributed by atoms with Crippen LogP contribution in [0.4, 0.5) is 4.39 Å². The van der Waals surface area contributed by atoms with E-state index in [2.05, 4.69) is 5.32 Å². The Balaban J connectivity index is 1.66. The van der Waals surface area contributed by atoms with Crippen LogP contribution in [-0.4, -0.2) is 68.8 Å². The van der Waals surface area contributed by atoms with Gasteiger partial charge in [0, 0.05) is 46.3 Å². The maximum atomic E-state index is 13.4. The third-order valence-electron chi connectivity index (χ3n) is 6.51. The highest BCUT2D eigenvalue weighted by atomic mass is 32.2. The van der Waals surface area contributed by atoms with Gasteiger partial charge in [0.25, 0.3) is 0 Å². The Kier molecular flexibility index (Phi) is 10.6. The molecule has 2 aromatic carbocycles. The molecule has 2 aromatic rings. The molecule has 1 N–H and O–H groups in total. The van der Waals surface area contributed by atoms with Gasteiger partial charge in [-0.3, -0.25) is 9.59 Å². The molecule has 0 aliphatic carbocycles. The van der Waals surface area contributed by atoms with Crippen LogP contribution in [0.2, 0.25) is 0 Å². The molecule has 0 spiro atoms. The van der Waals surface area contributed by atoms with E-state index in [0.29, 0.717) is 44.6 Å². The molecule has 1 saturated heterocycles. The van der Waals surface area contributed by atoms with Crippen molar-refractivity contribution in [3.63, 3.8) is 0 Å². The molecule has 1 heterocycles. The SMILES string of the molecule is COCCCNC(=O)[C@@H](C)N(Cc1ccc(F)cc1)C(=O)CCc1ccc(S(=O)(=O)N2CCCC2)cc1. The van der Waals surface area contributed by atoms with Crippen molar-refractivity contribution in [3.05, 3.63) is 65.5 Å². The average molecular weight is 534 g/mol. The molecule has 10 heteroatoms. The maximum absolute atomic E-state index is 13.4. The van der Waals surface area contributed by atoms with E-state index in [4.69, 9.17) is 4.74 Å². The number of hydrogen-bond acceptors (Lipinski definition) is 5. The number of sulfonamides is 1. The lowest BCUT2D eigenvalue weighted by Gasteiger charge is -2.29. The molecule has 1 atom stereocenters. The summed E-state index contributed by atoms with van der Waals surface area (Å²) in [7, 11) is -1.90. The summed E-state index contributed by atoms with van der Waals surface area (Å²) in [6, 6.07) is 11.7. The van der Waals surface area contributed by atoms with E-state index in [9.17, 15) is 22.4 Å². The van der Waals surface area contributed by atoms with Crippen LogP contribution in [0.25, 0.3) is 0 Å². The van der Waals surface area contributed by atoms with Crippen molar-refractivity contribution in [1.29, 1.82) is 0 Å². The minimum Gasteiger partial charge on any atom is -0.385 e. The number of halogens is 1. The van der Waals surface area contributed by atoms with Gasteiger partial charge in [0.1, 0.15) is 11.9 Å². The van der Waals surface area contributed by atoms with Crippen molar-refractivity contribution < 1.29 is 27.1 Å². The zero-order chi connectivity index (χ0) is 26.8. The smallest absolute Gasteiger partial charge is 0.243 e. The van der Waals surface area contributed by atoms with E-state index in [0.717, 1.165) is 18.4 Å². The predicted octanol–water partition coefficient (Wildman–Crippen LogP) is 3.11. The number of methoxy groups -OCH3 is 1. The quantitative estimate of drug-likeness (QED) is 0.399. The van der Waals surface area contributed by atoms with Gasteiger partial charge in [0.2, 0.25) is 21.8 Å². The summed E-state index contributed by atoms with van der Waals surface area (Å²) in [6.07, 6.45) is 2.94. The van der Waals surface area contributed by atoms with Crippen molar-refractivity contribution in [2.75, 3.05) is 33.4 Å². The zero-order valence-corrected chi connectivity index (χ0v) is 22.3. The van der Waals surface area contributed by atoms with Crippen LogP contribution >= 0.6 is 0 Å². The van der Waals surface area contributed by atoms with E-state index < -0.39 is 16.1 Å². The Morgan fingerprint density at radius 2 is 1.68 bits per heavy atom. The van der Waals surface area contributed by atoms with Gasteiger partial charge in [0.05, 0.1) is 4.90 Å². The lowest BCUT2D eigenvalue weighted by Crippen LogP contribution is -2.48. The molecule has 37 heavy (non-hydrogen) atoms. The van der Waals surface area contributed by atoms with Gasteiger partial charge < -0.3 is 15.0 Å². The topological polar surface area (TPSA) is 96.0 Å². The van der Waals surface area contributed by atoms with Crippen LogP contribution in [0.3, 0.4) is 0 Å². The second-order valence-corrected chi connectivity index (χ2v) is 11.2. The Morgan fingerprint density at radius 1 is 1.05 bits per heavy atom. The van der Waals surface area contributed by atoms with Crippen molar-refractivity contribution >= 4 is 21.8 Å². The monoisotopic (exact) mass is 533 g/mol. The Morgan fingerprint density at radius 3 is 2.30 bits per heavy atom. The summed E-state index contributed by atoms with van der Waals surface area (Å²) >= 11 is 0. The zero-order valence-electron chi connectivity index (χ0n) is 21.5. The molecule has 0 saturated carbocycles. The van der Waals surface area contributed by atoms with E-state index in [1.165, 1.54) is 21.3 Å². The van der Waals surface area contributed by atoms with E-state index in [1.54, 1.807) is 50.4 Å². The summed E-state index contributed by atoms with van der Waals surface area (Å²) in [4.78, 5) is 27.7. The number of nitrogens with one attached hydrogen (secondary N) is 1. The molecule has 0 unspecified atom stereocenters. The summed E-state index contributed by atoms with van der Waals surface area (Å²) < 4.78 is 45.4. The van der Waals surface area contributed by atoms with E-state index >= 15 is 0 Å². The van der Waals surface area contributed by atoms with Crippen molar-refractivity contribution in [2.24, 2.45) is 0 Å². The van der Waals surface area contributed by atoms with Crippen LogP contribution in [0.5, 0.6) is 0 Å². The number of carbonyl (C=O) groups excluding carboxylic acids is 2. The molecule has 2 amide bonds. The molecule has 1 fully saturated rings. The largest absolute Gasteiger partial charge is 0.385 e. The highest BCUT2D eigenvalue weighted by Gasteiger charge is 2.28. The highest BCUT2D eigenvalue weighted by molar-refractivity contribution is 7.89. The minimum absolute atomic E-state index is 0.140. The maximum Gasteiger partial charge on any atom is 0.243 e. The van der Waals surface area contributed by atoms with Crippen molar-refractivity contribution in [1.82, 2.24) is 14.5 Å². The van der Waals surface area contributed by atoms with Gasteiger partial charge in [-0.2, -0.15) is 4.31 Å². The van der Waals surface area contributed by atoms with Gasteiger partial charge in [-0.15, -0.1) is 0 Å². The third kappa shape index (κ3) is 8.08.